The van der Waals surface area contributed by atoms with Gasteiger partial charge in [0.15, 0.2) is 0 Å². The summed E-state index contributed by atoms with van der Waals surface area (Å²) in [6.07, 6.45) is 0. The fourth-order valence-corrected chi connectivity index (χ4v) is 4.73. The molecule has 6 aromatic rings. The third-order valence-electron chi connectivity index (χ3n) is 6.25. The van der Waals surface area contributed by atoms with E-state index in [1.165, 1.54) is 54.9 Å². The molecule has 32 heavy (non-hydrogen) atoms. The molecular formula is C32H22. The largest absolute Gasteiger partial charge is 0.0622 e. The predicted octanol–water partition coefficient (Wildman–Crippen LogP) is 8.99. The van der Waals surface area contributed by atoms with Crippen LogP contribution in [-0.2, 0) is 0 Å². The Bertz CT molecular complexity index is 1540. The molecule has 0 saturated carbocycles. The van der Waals surface area contributed by atoms with Crippen molar-refractivity contribution in [1.29, 1.82) is 0 Å². The fourth-order valence-electron chi connectivity index (χ4n) is 4.73. The second kappa shape index (κ2) is 7.83. The van der Waals surface area contributed by atoms with Crippen molar-refractivity contribution in [2.45, 2.75) is 0 Å². The zero-order chi connectivity index (χ0) is 21.3. The normalized spacial score (nSPS) is 11.1. The van der Waals surface area contributed by atoms with Crippen molar-refractivity contribution in [3.05, 3.63) is 133 Å². The molecule has 0 saturated heterocycles. The zero-order valence-electron chi connectivity index (χ0n) is 17.7. The average Bonchev–Trinajstić information content (AvgIpc) is 2.88. The van der Waals surface area contributed by atoms with Gasteiger partial charge in [0, 0.05) is 0 Å². The second-order valence-corrected chi connectivity index (χ2v) is 8.19. The van der Waals surface area contributed by atoms with E-state index in [0.717, 1.165) is 0 Å². The summed E-state index contributed by atoms with van der Waals surface area (Å²) in [5.74, 6) is 0. The van der Waals surface area contributed by atoms with Crippen LogP contribution in [0.15, 0.2) is 133 Å². The van der Waals surface area contributed by atoms with Crippen LogP contribution >= 0.6 is 0 Å². The first kappa shape index (κ1) is 18.6. The van der Waals surface area contributed by atoms with Crippen LogP contribution in [0.4, 0.5) is 0 Å². The Labute approximate surface area is 188 Å². The van der Waals surface area contributed by atoms with Crippen LogP contribution in [0.5, 0.6) is 0 Å². The van der Waals surface area contributed by atoms with Gasteiger partial charge in [-0.05, 0) is 67.1 Å². The van der Waals surface area contributed by atoms with Gasteiger partial charge in [-0.25, -0.2) is 0 Å². The standard InChI is InChI=1S/C32H22/c1-3-12-24(13-4-1)30-22-31(27-20-19-23-11-7-8-16-26(23)21-27)32(25-14-5-2-6-15-25)29-18-10-9-17-28(29)30/h1-22H. The summed E-state index contributed by atoms with van der Waals surface area (Å²) < 4.78 is 0. The van der Waals surface area contributed by atoms with E-state index in [1.54, 1.807) is 0 Å². The highest BCUT2D eigenvalue weighted by Gasteiger charge is 2.16. The Morgan fingerprint density at radius 2 is 0.906 bits per heavy atom. The minimum absolute atomic E-state index is 1.24. The molecule has 0 aliphatic rings. The van der Waals surface area contributed by atoms with E-state index in [-0.39, 0.29) is 0 Å². The highest BCUT2D eigenvalue weighted by molar-refractivity contribution is 6.11. The Kier molecular flexibility index (Phi) is 4.55. The molecule has 0 nitrogen and oxygen atoms in total. The van der Waals surface area contributed by atoms with Crippen molar-refractivity contribution in [2.24, 2.45) is 0 Å². The second-order valence-electron chi connectivity index (χ2n) is 8.19. The van der Waals surface area contributed by atoms with Gasteiger partial charge in [0.05, 0.1) is 0 Å². The Morgan fingerprint density at radius 3 is 1.66 bits per heavy atom. The molecule has 0 aliphatic heterocycles. The first-order chi connectivity index (χ1) is 15.9. The van der Waals surface area contributed by atoms with Crippen LogP contribution in [-0.4, -0.2) is 0 Å². The molecule has 0 N–H and O–H groups in total. The van der Waals surface area contributed by atoms with Crippen LogP contribution in [0.2, 0.25) is 0 Å². The molecule has 0 unspecified atom stereocenters. The SMILES string of the molecule is c1ccc(-c2cc(-c3ccc4ccccc4c3)c(-c3ccccc3)c3ccccc23)cc1. The third-order valence-corrected chi connectivity index (χ3v) is 6.25. The maximum absolute atomic E-state index is 2.38. The monoisotopic (exact) mass is 406 g/mol. The van der Waals surface area contributed by atoms with Gasteiger partial charge in [-0.1, -0.05) is 121 Å². The van der Waals surface area contributed by atoms with Crippen LogP contribution < -0.4 is 0 Å². The Hall–Kier alpha value is -4.16. The van der Waals surface area contributed by atoms with Crippen molar-refractivity contribution < 1.29 is 0 Å². The first-order valence-electron chi connectivity index (χ1n) is 11.0. The Balaban J connectivity index is 1.74. The average molecular weight is 407 g/mol. The van der Waals surface area contributed by atoms with Crippen molar-refractivity contribution in [2.75, 3.05) is 0 Å². The maximum Gasteiger partial charge on any atom is -0.00264 e. The lowest BCUT2D eigenvalue weighted by atomic mass is 9.85. The lowest BCUT2D eigenvalue weighted by Crippen LogP contribution is -1.91. The molecule has 0 radical (unpaired) electrons. The maximum atomic E-state index is 2.38. The van der Waals surface area contributed by atoms with E-state index in [1.807, 2.05) is 0 Å². The van der Waals surface area contributed by atoms with E-state index in [4.69, 9.17) is 0 Å². The summed E-state index contributed by atoms with van der Waals surface area (Å²) in [5, 5.41) is 5.09. The van der Waals surface area contributed by atoms with Crippen LogP contribution in [0, 0.1) is 0 Å². The molecule has 0 amide bonds. The van der Waals surface area contributed by atoms with Crippen LogP contribution in [0.3, 0.4) is 0 Å². The van der Waals surface area contributed by atoms with Gasteiger partial charge in [-0.2, -0.15) is 0 Å². The quantitative estimate of drug-likeness (QED) is 0.275. The topological polar surface area (TPSA) is 0 Å². The summed E-state index contributed by atoms with van der Waals surface area (Å²) >= 11 is 0. The summed E-state index contributed by atoms with van der Waals surface area (Å²) in [4.78, 5) is 0. The van der Waals surface area contributed by atoms with Gasteiger partial charge in [0.25, 0.3) is 0 Å². The van der Waals surface area contributed by atoms with Gasteiger partial charge in [-0.15, -0.1) is 0 Å². The van der Waals surface area contributed by atoms with Crippen molar-refractivity contribution >= 4 is 21.5 Å². The number of hydrogen-bond donors (Lipinski definition) is 0. The number of fused-ring (bicyclic) bond motifs is 2. The van der Waals surface area contributed by atoms with E-state index in [9.17, 15) is 0 Å². The minimum atomic E-state index is 1.24. The first-order valence-corrected chi connectivity index (χ1v) is 11.0. The predicted molar refractivity (Wildman–Crippen MR) is 138 cm³/mol. The molecule has 0 aliphatic carbocycles. The lowest BCUT2D eigenvalue weighted by Gasteiger charge is -2.18. The third kappa shape index (κ3) is 3.18. The summed E-state index contributed by atoms with van der Waals surface area (Å²) in [7, 11) is 0. The molecular weight excluding hydrogens is 384 g/mol. The molecule has 6 aromatic carbocycles. The lowest BCUT2D eigenvalue weighted by molar-refractivity contribution is 1.60. The van der Waals surface area contributed by atoms with Crippen LogP contribution in [0.25, 0.3) is 54.9 Å². The summed E-state index contributed by atoms with van der Waals surface area (Å²) in [6, 6.07) is 48.0. The molecule has 0 heterocycles. The zero-order valence-corrected chi connectivity index (χ0v) is 17.7. The highest BCUT2D eigenvalue weighted by atomic mass is 14.2. The molecule has 0 bridgehead atoms. The molecule has 0 atom stereocenters. The highest BCUT2D eigenvalue weighted by Crippen LogP contribution is 2.43. The minimum Gasteiger partial charge on any atom is -0.0622 e. The van der Waals surface area contributed by atoms with Gasteiger partial charge >= 0.3 is 0 Å². The van der Waals surface area contributed by atoms with E-state index < -0.39 is 0 Å². The molecule has 0 heteroatoms. The van der Waals surface area contributed by atoms with Crippen molar-refractivity contribution in [1.82, 2.24) is 0 Å². The summed E-state index contributed by atoms with van der Waals surface area (Å²) in [6.45, 7) is 0. The van der Waals surface area contributed by atoms with Crippen LogP contribution in [0.1, 0.15) is 0 Å². The number of rotatable bonds is 3. The fraction of sp³-hybridized carbons (Fsp3) is 0. The number of hydrogen-bond acceptors (Lipinski definition) is 0. The summed E-state index contributed by atoms with van der Waals surface area (Å²) in [5.41, 5.74) is 7.54. The van der Waals surface area contributed by atoms with Crippen molar-refractivity contribution in [3.8, 4) is 33.4 Å². The molecule has 150 valence electrons. The van der Waals surface area contributed by atoms with Gasteiger partial charge in [-0.3, -0.25) is 0 Å². The molecule has 0 aromatic heterocycles. The van der Waals surface area contributed by atoms with E-state index >= 15 is 0 Å². The van der Waals surface area contributed by atoms with Crippen molar-refractivity contribution in [3.63, 3.8) is 0 Å². The van der Waals surface area contributed by atoms with Gasteiger partial charge < -0.3 is 0 Å². The van der Waals surface area contributed by atoms with E-state index in [0.29, 0.717) is 0 Å². The van der Waals surface area contributed by atoms with Gasteiger partial charge in [0.1, 0.15) is 0 Å². The molecule has 6 rings (SSSR count). The smallest absolute Gasteiger partial charge is 0.00264 e. The Morgan fingerprint density at radius 1 is 0.312 bits per heavy atom. The van der Waals surface area contributed by atoms with E-state index in [2.05, 4.69) is 133 Å². The molecule has 0 fully saturated rings. The van der Waals surface area contributed by atoms with Gasteiger partial charge in [0.2, 0.25) is 0 Å². The molecule has 0 spiro atoms. The number of benzene rings is 6.